The van der Waals surface area contributed by atoms with E-state index in [2.05, 4.69) is 66.3 Å². The van der Waals surface area contributed by atoms with E-state index in [1.807, 2.05) is 12.1 Å². The molecule has 4 rings (SSSR count). The van der Waals surface area contributed by atoms with Crippen LogP contribution in [0.25, 0.3) is 10.9 Å². The predicted molar refractivity (Wildman–Crippen MR) is 143 cm³/mol. The lowest BCUT2D eigenvalue weighted by Gasteiger charge is -2.26. The minimum absolute atomic E-state index is 0.314. The Hall–Kier alpha value is -3.02. The van der Waals surface area contributed by atoms with Crippen molar-refractivity contribution in [1.29, 1.82) is 0 Å². The number of nitrogens with zero attached hydrogens (tertiary/aromatic N) is 1. The quantitative estimate of drug-likeness (QED) is 0.230. The molecule has 0 fully saturated rings. The predicted octanol–water partition coefficient (Wildman–Crippen LogP) is 6.76. The number of hydrogen-bond donors (Lipinski definition) is 2. The number of rotatable bonds is 12. The van der Waals surface area contributed by atoms with Gasteiger partial charge in [0.25, 0.3) is 0 Å². The summed E-state index contributed by atoms with van der Waals surface area (Å²) in [5.41, 5.74) is 5.23. The van der Waals surface area contributed by atoms with E-state index < -0.39 is 17.7 Å². The Balaban J connectivity index is 1.62. The summed E-state index contributed by atoms with van der Waals surface area (Å²) in [5, 5.41) is 16.0. The topological polar surface area (TPSA) is 37.2 Å². The molecule has 1 heterocycles. The number of unbranched alkanes of at least 4 members (excludes halogenated alkanes) is 1. The van der Waals surface area contributed by atoms with Crippen LogP contribution in [-0.2, 0) is 25.8 Å². The molecular weight excluding hydrogens is 454 g/mol. The third-order valence-electron chi connectivity index (χ3n) is 6.87. The lowest BCUT2D eigenvalue weighted by molar-refractivity contribution is 0.112. The fourth-order valence-electron chi connectivity index (χ4n) is 4.97. The van der Waals surface area contributed by atoms with E-state index in [0.29, 0.717) is 25.1 Å². The lowest BCUT2D eigenvalue weighted by Crippen LogP contribution is -2.35. The first-order valence-electron chi connectivity index (χ1n) is 13.0. The van der Waals surface area contributed by atoms with Gasteiger partial charge in [-0.15, -0.1) is 0 Å². The average molecular weight is 491 g/mol. The molecular formula is C31H36F2N2O. The molecule has 5 heteroatoms. The zero-order chi connectivity index (χ0) is 25.5. The number of hydrogen-bond acceptors (Lipinski definition) is 2. The van der Waals surface area contributed by atoms with Crippen LogP contribution >= 0.6 is 0 Å². The van der Waals surface area contributed by atoms with Gasteiger partial charge in [0.1, 0.15) is 11.6 Å². The first-order chi connectivity index (χ1) is 17.5. The fraction of sp³-hybridized carbons (Fsp3) is 0.355. The average Bonchev–Trinajstić information content (AvgIpc) is 3.24. The SMILES string of the molecule is CCCCc1cn([C@@H](Cc2cc(F)cc(F)c2)[C@H](O)CNCc2cccc(CC)c2)c2ccccc12. The fourth-order valence-corrected chi connectivity index (χ4v) is 4.97. The third kappa shape index (κ3) is 6.40. The number of aryl methyl sites for hydroxylation is 2. The van der Waals surface area contributed by atoms with Crippen molar-refractivity contribution in [2.45, 2.75) is 64.6 Å². The minimum atomic E-state index is -0.763. The van der Waals surface area contributed by atoms with Crippen molar-refractivity contribution < 1.29 is 13.9 Å². The number of fused-ring (bicyclic) bond motifs is 1. The molecule has 0 saturated heterocycles. The summed E-state index contributed by atoms with van der Waals surface area (Å²) in [6, 6.07) is 19.8. The smallest absolute Gasteiger partial charge is 0.126 e. The zero-order valence-corrected chi connectivity index (χ0v) is 21.2. The first-order valence-corrected chi connectivity index (χ1v) is 13.0. The largest absolute Gasteiger partial charge is 0.390 e. The van der Waals surface area contributed by atoms with Crippen LogP contribution in [0.2, 0.25) is 0 Å². The number of aliphatic hydroxyl groups excluding tert-OH is 1. The molecule has 36 heavy (non-hydrogen) atoms. The summed E-state index contributed by atoms with van der Waals surface area (Å²) < 4.78 is 30.1. The van der Waals surface area contributed by atoms with Crippen LogP contribution in [0.4, 0.5) is 8.78 Å². The molecule has 0 spiro atoms. The molecule has 0 aliphatic carbocycles. The van der Waals surface area contributed by atoms with Crippen molar-refractivity contribution in [3.05, 3.63) is 107 Å². The Bertz CT molecular complexity index is 1260. The van der Waals surface area contributed by atoms with Gasteiger partial charge >= 0.3 is 0 Å². The van der Waals surface area contributed by atoms with Crippen LogP contribution in [0.5, 0.6) is 0 Å². The molecule has 0 unspecified atom stereocenters. The first kappa shape index (κ1) is 26.1. The molecule has 3 nitrogen and oxygen atoms in total. The van der Waals surface area contributed by atoms with Gasteiger partial charge in [0, 0.05) is 36.3 Å². The van der Waals surface area contributed by atoms with Gasteiger partial charge in [-0.05, 0) is 66.1 Å². The maximum absolute atomic E-state index is 14.0. The van der Waals surface area contributed by atoms with E-state index in [0.717, 1.165) is 42.7 Å². The van der Waals surface area contributed by atoms with Crippen LogP contribution in [0, 0.1) is 11.6 Å². The Morgan fingerprint density at radius 2 is 1.64 bits per heavy atom. The van der Waals surface area contributed by atoms with E-state index in [-0.39, 0.29) is 6.04 Å². The van der Waals surface area contributed by atoms with Crippen molar-refractivity contribution >= 4 is 10.9 Å². The van der Waals surface area contributed by atoms with Gasteiger partial charge in [-0.25, -0.2) is 8.78 Å². The molecule has 0 saturated carbocycles. The summed E-state index contributed by atoms with van der Waals surface area (Å²) in [6.07, 6.45) is 5.77. The van der Waals surface area contributed by atoms with E-state index in [9.17, 15) is 13.9 Å². The molecule has 190 valence electrons. The van der Waals surface area contributed by atoms with Gasteiger partial charge in [-0.1, -0.05) is 62.7 Å². The molecule has 2 atom stereocenters. The number of benzene rings is 3. The third-order valence-corrected chi connectivity index (χ3v) is 6.87. The van der Waals surface area contributed by atoms with Gasteiger partial charge in [0.2, 0.25) is 0 Å². The Morgan fingerprint density at radius 1 is 0.889 bits per heavy atom. The number of aromatic nitrogens is 1. The normalized spacial score (nSPS) is 13.2. The number of para-hydroxylation sites is 1. The van der Waals surface area contributed by atoms with Crippen molar-refractivity contribution in [2.75, 3.05) is 6.54 Å². The van der Waals surface area contributed by atoms with Crippen LogP contribution in [-0.4, -0.2) is 22.3 Å². The highest BCUT2D eigenvalue weighted by Gasteiger charge is 2.24. The van der Waals surface area contributed by atoms with Gasteiger partial charge < -0.3 is 15.0 Å². The number of aliphatic hydroxyl groups is 1. The maximum atomic E-state index is 14.0. The van der Waals surface area contributed by atoms with Gasteiger partial charge in [-0.3, -0.25) is 0 Å². The van der Waals surface area contributed by atoms with Gasteiger partial charge in [0.05, 0.1) is 12.1 Å². The van der Waals surface area contributed by atoms with Crippen molar-refractivity contribution in [3.8, 4) is 0 Å². The van der Waals surface area contributed by atoms with Crippen molar-refractivity contribution in [2.24, 2.45) is 0 Å². The maximum Gasteiger partial charge on any atom is 0.126 e. The molecule has 1 aromatic heterocycles. The van der Waals surface area contributed by atoms with E-state index in [4.69, 9.17) is 0 Å². The molecule has 2 N–H and O–H groups in total. The molecule has 0 bridgehead atoms. The molecule has 0 radical (unpaired) electrons. The number of halogens is 2. The van der Waals surface area contributed by atoms with E-state index >= 15 is 0 Å². The summed E-state index contributed by atoms with van der Waals surface area (Å²) in [5.74, 6) is -1.21. The summed E-state index contributed by atoms with van der Waals surface area (Å²) in [7, 11) is 0. The van der Waals surface area contributed by atoms with Crippen LogP contribution in [0.15, 0.2) is 72.9 Å². The Labute approximate surface area is 212 Å². The van der Waals surface area contributed by atoms with Crippen molar-refractivity contribution in [3.63, 3.8) is 0 Å². The second kappa shape index (κ2) is 12.3. The van der Waals surface area contributed by atoms with E-state index in [1.165, 1.54) is 28.8 Å². The monoisotopic (exact) mass is 490 g/mol. The summed E-state index contributed by atoms with van der Waals surface area (Å²) in [6.45, 7) is 5.30. The Morgan fingerprint density at radius 3 is 2.39 bits per heavy atom. The summed E-state index contributed by atoms with van der Waals surface area (Å²) >= 11 is 0. The highest BCUT2D eigenvalue weighted by molar-refractivity contribution is 5.84. The van der Waals surface area contributed by atoms with E-state index in [1.54, 1.807) is 0 Å². The number of nitrogens with one attached hydrogen (secondary N) is 1. The standard InChI is InChI=1S/C31H36F2N2O/c1-3-5-11-25-21-35(29-13-7-6-12-28(25)29)30(17-24-15-26(32)18-27(33)16-24)31(36)20-34-19-23-10-8-9-22(4-2)14-23/h6-10,12-16,18,21,30-31,34,36H,3-5,11,17,19-20H2,1-2H3/t30-,31+/m0/s1. The highest BCUT2D eigenvalue weighted by atomic mass is 19.1. The second-order valence-corrected chi connectivity index (χ2v) is 9.60. The molecule has 0 amide bonds. The molecule has 3 aromatic carbocycles. The minimum Gasteiger partial charge on any atom is -0.390 e. The Kier molecular flexibility index (Phi) is 8.89. The highest BCUT2D eigenvalue weighted by Crippen LogP contribution is 2.30. The van der Waals surface area contributed by atoms with Crippen molar-refractivity contribution in [1.82, 2.24) is 9.88 Å². The molecule has 0 aliphatic heterocycles. The molecule has 0 aliphatic rings. The van der Waals surface area contributed by atoms with Gasteiger partial charge in [0.15, 0.2) is 0 Å². The van der Waals surface area contributed by atoms with Gasteiger partial charge in [-0.2, -0.15) is 0 Å². The second-order valence-electron chi connectivity index (χ2n) is 9.60. The van der Waals surface area contributed by atoms with Crippen LogP contribution in [0.1, 0.15) is 55.0 Å². The molecule has 4 aromatic rings. The van der Waals surface area contributed by atoms with Crippen LogP contribution in [0.3, 0.4) is 0 Å². The summed E-state index contributed by atoms with van der Waals surface area (Å²) in [4.78, 5) is 0. The zero-order valence-electron chi connectivity index (χ0n) is 21.2. The van der Waals surface area contributed by atoms with Crippen LogP contribution < -0.4 is 5.32 Å². The lowest BCUT2D eigenvalue weighted by atomic mass is 10.00.